The van der Waals surface area contributed by atoms with Crippen LogP contribution in [-0.2, 0) is 0 Å². The standard InChI is InChI=1S/C26H27ClFN3O/c1-26(2,31-25(32)24-5-3-19(27)14-30-24)18-11-15-9-17(10-16(15)12-18)21-7-8-29-23-6-4-20(28)13-22(21)23/h3-8,13-18H,9-12H2,1-2H3,(H,31,32)/t15-,16+,17-,18+. The average molecular weight is 452 g/mol. The molecule has 6 heteroatoms. The number of nitrogens with one attached hydrogen (secondary N) is 1. The van der Waals surface area contributed by atoms with Crippen molar-refractivity contribution in [2.75, 3.05) is 0 Å². The van der Waals surface area contributed by atoms with Crippen LogP contribution >= 0.6 is 11.6 Å². The van der Waals surface area contributed by atoms with Gasteiger partial charge in [0, 0.05) is 23.3 Å². The molecule has 166 valence electrons. The topological polar surface area (TPSA) is 54.9 Å². The lowest BCUT2D eigenvalue weighted by molar-refractivity contribution is 0.0872. The first-order chi connectivity index (χ1) is 15.3. The first-order valence-electron chi connectivity index (χ1n) is 11.3. The molecular formula is C26H27ClFN3O. The number of rotatable bonds is 4. The summed E-state index contributed by atoms with van der Waals surface area (Å²) in [6.45, 7) is 4.23. The van der Waals surface area contributed by atoms with E-state index in [-0.39, 0.29) is 17.3 Å². The number of hydrogen-bond donors (Lipinski definition) is 1. The van der Waals surface area contributed by atoms with E-state index in [2.05, 4.69) is 35.2 Å². The number of amides is 1. The lowest BCUT2D eigenvalue weighted by Gasteiger charge is -2.33. The zero-order chi connectivity index (χ0) is 22.5. The fourth-order valence-electron chi connectivity index (χ4n) is 5.92. The molecule has 3 aromatic rings. The van der Waals surface area contributed by atoms with Crippen LogP contribution in [0.5, 0.6) is 0 Å². The Morgan fingerprint density at radius 1 is 1.06 bits per heavy atom. The molecule has 2 saturated carbocycles. The Balaban J connectivity index is 1.27. The highest BCUT2D eigenvalue weighted by atomic mass is 35.5. The highest BCUT2D eigenvalue weighted by Crippen LogP contribution is 2.55. The van der Waals surface area contributed by atoms with Gasteiger partial charge in [0.25, 0.3) is 5.91 Å². The van der Waals surface area contributed by atoms with Gasteiger partial charge in [0.2, 0.25) is 0 Å². The highest BCUT2D eigenvalue weighted by Gasteiger charge is 2.47. The number of pyridine rings is 2. The second-order valence-electron chi connectivity index (χ2n) is 9.96. The second kappa shape index (κ2) is 8.11. The van der Waals surface area contributed by atoms with Gasteiger partial charge in [-0.2, -0.15) is 0 Å². The largest absolute Gasteiger partial charge is 0.346 e. The van der Waals surface area contributed by atoms with Gasteiger partial charge >= 0.3 is 0 Å². The molecule has 1 N–H and O–H groups in total. The summed E-state index contributed by atoms with van der Waals surface area (Å²) in [6, 6.07) is 10.3. The molecule has 4 nitrogen and oxygen atoms in total. The third-order valence-electron chi connectivity index (χ3n) is 7.61. The Hall–Kier alpha value is -2.53. The Morgan fingerprint density at radius 2 is 1.81 bits per heavy atom. The van der Waals surface area contributed by atoms with Crippen LogP contribution in [0.2, 0.25) is 5.02 Å². The van der Waals surface area contributed by atoms with Crippen LogP contribution < -0.4 is 5.32 Å². The Labute approximate surface area is 192 Å². The van der Waals surface area contributed by atoms with Crippen LogP contribution in [0.4, 0.5) is 4.39 Å². The van der Waals surface area contributed by atoms with Crippen molar-refractivity contribution < 1.29 is 9.18 Å². The van der Waals surface area contributed by atoms with E-state index in [0.717, 1.165) is 36.6 Å². The van der Waals surface area contributed by atoms with Crippen molar-refractivity contribution in [3.8, 4) is 0 Å². The number of carbonyl (C=O) groups is 1. The van der Waals surface area contributed by atoms with Crippen molar-refractivity contribution in [1.82, 2.24) is 15.3 Å². The SMILES string of the molecule is CC(C)(NC(=O)c1ccc(Cl)cn1)[C@H]1C[C@H]2C[C@@H](c3ccnc4ccc(F)cc34)C[C@H]2C1. The van der Waals surface area contributed by atoms with E-state index < -0.39 is 0 Å². The summed E-state index contributed by atoms with van der Waals surface area (Å²) in [6.07, 6.45) is 7.76. The van der Waals surface area contributed by atoms with Gasteiger partial charge in [-0.05, 0) is 105 Å². The molecule has 4 atom stereocenters. The molecular weight excluding hydrogens is 425 g/mol. The summed E-state index contributed by atoms with van der Waals surface area (Å²) in [5.74, 6) is 1.75. The van der Waals surface area contributed by atoms with Crippen LogP contribution in [0.3, 0.4) is 0 Å². The molecule has 0 unspecified atom stereocenters. The monoisotopic (exact) mass is 451 g/mol. The molecule has 0 spiro atoms. The van der Waals surface area contributed by atoms with Gasteiger partial charge in [-0.15, -0.1) is 0 Å². The number of halogens is 2. The molecule has 1 aromatic carbocycles. The van der Waals surface area contributed by atoms with Crippen molar-refractivity contribution >= 4 is 28.4 Å². The molecule has 2 heterocycles. The molecule has 5 rings (SSSR count). The maximum absolute atomic E-state index is 13.9. The molecule has 0 saturated heterocycles. The third-order valence-corrected chi connectivity index (χ3v) is 7.83. The van der Waals surface area contributed by atoms with Gasteiger partial charge in [-0.3, -0.25) is 9.78 Å². The first-order valence-corrected chi connectivity index (χ1v) is 11.7. The summed E-state index contributed by atoms with van der Waals surface area (Å²) in [7, 11) is 0. The number of nitrogens with zero attached hydrogens (tertiary/aromatic N) is 2. The van der Waals surface area contributed by atoms with E-state index in [9.17, 15) is 9.18 Å². The summed E-state index contributed by atoms with van der Waals surface area (Å²) in [5, 5.41) is 4.66. The fraction of sp³-hybridized carbons (Fsp3) is 0.423. The van der Waals surface area contributed by atoms with Crippen LogP contribution in [0.1, 0.15) is 61.5 Å². The van der Waals surface area contributed by atoms with Crippen molar-refractivity contribution in [2.45, 2.75) is 51.0 Å². The number of hydrogen-bond acceptors (Lipinski definition) is 3. The zero-order valence-electron chi connectivity index (χ0n) is 18.3. The molecule has 2 fully saturated rings. The van der Waals surface area contributed by atoms with E-state index >= 15 is 0 Å². The number of carbonyl (C=O) groups excluding carboxylic acids is 1. The van der Waals surface area contributed by atoms with E-state index in [0.29, 0.717) is 34.4 Å². The molecule has 2 aliphatic rings. The van der Waals surface area contributed by atoms with Crippen LogP contribution in [0, 0.1) is 23.6 Å². The van der Waals surface area contributed by atoms with E-state index in [1.54, 1.807) is 24.3 Å². The molecule has 0 radical (unpaired) electrons. The van der Waals surface area contributed by atoms with Gasteiger partial charge in [0.1, 0.15) is 11.5 Å². The summed E-state index contributed by atoms with van der Waals surface area (Å²) in [5.41, 5.74) is 2.16. The van der Waals surface area contributed by atoms with Gasteiger partial charge in [0.05, 0.1) is 10.5 Å². The zero-order valence-corrected chi connectivity index (χ0v) is 19.1. The molecule has 0 aliphatic heterocycles. The minimum atomic E-state index is -0.315. The van der Waals surface area contributed by atoms with Gasteiger partial charge in [-0.1, -0.05) is 11.6 Å². The van der Waals surface area contributed by atoms with Crippen molar-refractivity contribution in [3.05, 3.63) is 70.9 Å². The predicted molar refractivity (Wildman–Crippen MR) is 124 cm³/mol. The molecule has 1 amide bonds. The third kappa shape index (κ3) is 3.99. The Bertz CT molecular complexity index is 1150. The summed E-state index contributed by atoms with van der Waals surface area (Å²) in [4.78, 5) is 21.3. The number of benzene rings is 1. The first kappa shape index (κ1) is 21.3. The van der Waals surface area contributed by atoms with Gasteiger partial charge in [-0.25, -0.2) is 9.37 Å². The minimum absolute atomic E-state index is 0.160. The van der Waals surface area contributed by atoms with E-state index in [4.69, 9.17) is 11.6 Å². The maximum Gasteiger partial charge on any atom is 0.270 e. The quantitative estimate of drug-likeness (QED) is 0.517. The summed E-state index contributed by atoms with van der Waals surface area (Å²) < 4.78 is 13.9. The highest BCUT2D eigenvalue weighted by molar-refractivity contribution is 6.30. The van der Waals surface area contributed by atoms with Crippen molar-refractivity contribution in [2.24, 2.45) is 17.8 Å². The predicted octanol–water partition coefficient (Wildman–Crippen LogP) is 6.15. The van der Waals surface area contributed by atoms with Gasteiger partial charge in [0.15, 0.2) is 0 Å². The fourth-order valence-corrected chi connectivity index (χ4v) is 6.04. The van der Waals surface area contributed by atoms with E-state index in [1.165, 1.54) is 17.8 Å². The minimum Gasteiger partial charge on any atom is -0.346 e. The molecule has 0 bridgehead atoms. The normalized spacial score (nSPS) is 25.1. The van der Waals surface area contributed by atoms with Gasteiger partial charge < -0.3 is 5.32 Å². The Kier molecular flexibility index (Phi) is 5.40. The lowest BCUT2D eigenvalue weighted by atomic mass is 9.82. The van der Waals surface area contributed by atoms with Crippen LogP contribution in [-0.4, -0.2) is 21.4 Å². The van der Waals surface area contributed by atoms with Crippen LogP contribution in [0.25, 0.3) is 10.9 Å². The second-order valence-corrected chi connectivity index (χ2v) is 10.4. The van der Waals surface area contributed by atoms with Crippen LogP contribution in [0.15, 0.2) is 48.8 Å². The van der Waals surface area contributed by atoms with Crippen molar-refractivity contribution in [1.29, 1.82) is 0 Å². The summed E-state index contributed by atoms with van der Waals surface area (Å²) >= 11 is 5.89. The van der Waals surface area contributed by atoms with E-state index in [1.807, 2.05) is 6.20 Å². The lowest BCUT2D eigenvalue weighted by Crippen LogP contribution is -2.48. The molecule has 2 aliphatic carbocycles. The number of aromatic nitrogens is 2. The molecule has 32 heavy (non-hydrogen) atoms. The molecule has 2 aromatic heterocycles. The smallest absolute Gasteiger partial charge is 0.270 e. The Morgan fingerprint density at radius 3 is 2.50 bits per heavy atom. The maximum atomic E-state index is 13.9. The average Bonchev–Trinajstić information content (AvgIpc) is 3.33. The van der Waals surface area contributed by atoms with Crippen molar-refractivity contribution in [3.63, 3.8) is 0 Å². The number of fused-ring (bicyclic) bond motifs is 2.